The van der Waals surface area contributed by atoms with Crippen molar-refractivity contribution in [3.63, 3.8) is 0 Å². The largest absolute Gasteiger partial charge is 0.344 e. The summed E-state index contributed by atoms with van der Waals surface area (Å²) in [5, 5.41) is 0. The van der Waals surface area contributed by atoms with E-state index in [9.17, 15) is 13.2 Å². The minimum Gasteiger partial charge on any atom is -0.344 e. The number of halogens is 1. The fourth-order valence-electron chi connectivity index (χ4n) is 1.96. The zero-order chi connectivity index (χ0) is 16.9. The number of nitrogens with zero attached hydrogens (tertiary/aromatic N) is 2. The molecule has 0 aliphatic rings. The van der Waals surface area contributed by atoms with Gasteiger partial charge in [0.15, 0.2) is 0 Å². The van der Waals surface area contributed by atoms with E-state index in [2.05, 4.69) is 15.9 Å². The number of unbranched alkanes of at least 4 members (excludes halogenated alkanes) is 1. The van der Waals surface area contributed by atoms with Gasteiger partial charge in [-0.15, -0.1) is 0 Å². The van der Waals surface area contributed by atoms with Gasteiger partial charge in [0, 0.05) is 18.1 Å². The highest BCUT2D eigenvalue weighted by Crippen LogP contribution is 2.29. The van der Waals surface area contributed by atoms with E-state index in [1.807, 2.05) is 26.0 Å². The van der Waals surface area contributed by atoms with Crippen LogP contribution in [0.4, 0.5) is 5.69 Å². The Labute approximate surface area is 141 Å². The molecular weight excluding hydrogens is 368 g/mol. The number of hydrogen-bond donors (Lipinski definition) is 0. The molecule has 0 aromatic heterocycles. The lowest BCUT2D eigenvalue weighted by molar-refractivity contribution is -0.128. The normalized spacial score (nSPS) is 11.3. The van der Waals surface area contributed by atoms with Crippen LogP contribution < -0.4 is 4.31 Å². The third kappa shape index (κ3) is 5.28. The summed E-state index contributed by atoms with van der Waals surface area (Å²) in [6.45, 7) is 4.40. The number of rotatable bonds is 7. The molecule has 0 heterocycles. The molecule has 22 heavy (non-hydrogen) atoms. The smallest absolute Gasteiger partial charge is 0.243 e. The van der Waals surface area contributed by atoms with Gasteiger partial charge in [0.25, 0.3) is 0 Å². The Morgan fingerprint density at radius 3 is 2.45 bits per heavy atom. The van der Waals surface area contributed by atoms with Gasteiger partial charge in [-0.25, -0.2) is 8.42 Å². The highest BCUT2D eigenvalue weighted by atomic mass is 79.9. The van der Waals surface area contributed by atoms with E-state index in [0.29, 0.717) is 16.7 Å². The van der Waals surface area contributed by atoms with E-state index < -0.39 is 10.0 Å². The molecule has 1 aromatic rings. The van der Waals surface area contributed by atoms with Crippen molar-refractivity contribution in [3.05, 3.63) is 28.2 Å². The molecule has 124 valence electrons. The predicted molar refractivity (Wildman–Crippen MR) is 93.6 cm³/mol. The maximum Gasteiger partial charge on any atom is 0.243 e. The standard InChI is InChI=1S/C15H23BrN2O3S/c1-5-6-9-17(3)15(19)11-18(22(4,20)21)14-8-7-12(2)10-13(14)16/h7-8,10H,5-6,9,11H2,1-4H3. The summed E-state index contributed by atoms with van der Waals surface area (Å²) in [4.78, 5) is 13.8. The first-order chi connectivity index (χ1) is 10.2. The number of likely N-dealkylation sites (N-methyl/N-ethyl adjacent to an activating group) is 1. The number of carbonyl (C=O) groups excluding carboxylic acids is 1. The maximum atomic E-state index is 12.3. The number of carbonyl (C=O) groups is 1. The van der Waals surface area contributed by atoms with Crippen molar-refractivity contribution in [2.45, 2.75) is 26.7 Å². The fourth-order valence-corrected chi connectivity index (χ4v) is 3.64. The van der Waals surface area contributed by atoms with E-state index >= 15 is 0 Å². The van der Waals surface area contributed by atoms with Crippen molar-refractivity contribution in [2.24, 2.45) is 0 Å². The number of amides is 1. The molecule has 1 aromatic carbocycles. The van der Waals surface area contributed by atoms with E-state index in [1.54, 1.807) is 18.0 Å². The molecule has 0 aliphatic carbocycles. The third-order valence-corrected chi connectivity index (χ3v) is 5.09. The molecule has 0 unspecified atom stereocenters. The van der Waals surface area contributed by atoms with Crippen molar-refractivity contribution in [2.75, 3.05) is 30.7 Å². The van der Waals surface area contributed by atoms with Crippen molar-refractivity contribution < 1.29 is 13.2 Å². The van der Waals surface area contributed by atoms with E-state index in [0.717, 1.165) is 29.0 Å². The van der Waals surface area contributed by atoms with Crippen molar-refractivity contribution in [1.29, 1.82) is 0 Å². The molecule has 0 radical (unpaired) electrons. The summed E-state index contributed by atoms with van der Waals surface area (Å²) in [6.07, 6.45) is 2.99. The Morgan fingerprint density at radius 1 is 1.32 bits per heavy atom. The Hall–Kier alpha value is -1.08. The summed E-state index contributed by atoms with van der Waals surface area (Å²) in [6, 6.07) is 5.36. The van der Waals surface area contributed by atoms with Crippen LogP contribution in [-0.2, 0) is 14.8 Å². The van der Waals surface area contributed by atoms with Crippen molar-refractivity contribution in [3.8, 4) is 0 Å². The van der Waals surface area contributed by atoms with Crippen LogP contribution in [0.5, 0.6) is 0 Å². The van der Waals surface area contributed by atoms with Gasteiger partial charge >= 0.3 is 0 Å². The molecule has 1 rings (SSSR count). The first-order valence-electron chi connectivity index (χ1n) is 7.14. The lowest BCUT2D eigenvalue weighted by Crippen LogP contribution is -2.41. The SMILES string of the molecule is CCCCN(C)C(=O)CN(c1ccc(C)cc1Br)S(C)(=O)=O. The monoisotopic (exact) mass is 390 g/mol. The maximum absolute atomic E-state index is 12.3. The van der Waals surface area contributed by atoms with Gasteiger partial charge in [-0.1, -0.05) is 19.4 Å². The second kappa shape index (κ2) is 7.97. The second-order valence-electron chi connectivity index (χ2n) is 5.39. The Morgan fingerprint density at radius 2 is 1.95 bits per heavy atom. The number of anilines is 1. The van der Waals surface area contributed by atoms with Crippen LogP contribution in [0.1, 0.15) is 25.3 Å². The van der Waals surface area contributed by atoms with Gasteiger partial charge in [-0.05, 0) is 47.0 Å². The molecule has 0 aliphatic heterocycles. The van der Waals surface area contributed by atoms with E-state index in [1.165, 1.54) is 0 Å². The minimum atomic E-state index is -3.55. The average molecular weight is 391 g/mol. The molecule has 0 N–H and O–H groups in total. The van der Waals surface area contributed by atoms with Gasteiger partial charge in [-0.3, -0.25) is 9.10 Å². The predicted octanol–water partition coefficient (Wildman–Crippen LogP) is 2.78. The highest BCUT2D eigenvalue weighted by Gasteiger charge is 2.24. The van der Waals surface area contributed by atoms with Crippen molar-refractivity contribution >= 4 is 37.5 Å². The highest BCUT2D eigenvalue weighted by molar-refractivity contribution is 9.10. The summed E-state index contributed by atoms with van der Waals surface area (Å²) in [5.74, 6) is -0.216. The topological polar surface area (TPSA) is 57.7 Å². The van der Waals surface area contributed by atoms with Crippen LogP contribution >= 0.6 is 15.9 Å². The van der Waals surface area contributed by atoms with Gasteiger partial charge in [-0.2, -0.15) is 0 Å². The number of sulfonamides is 1. The Bertz CT molecular complexity index is 632. The molecule has 0 saturated carbocycles. The summed E-state index contributed by atoms with van der Waals surface area (Å²) >= 11 is 3.38. The number of aryl methyl sites for hydroxylation is 1. The Balaban J connectivity index is 3.03. The van der Waals surface area contributed by atoms with E-state index in [4.69, 9.17) is 0 Å². The zero-order valence-electron chi connectivity index (χ0n) is 13.5. The lowest BCUT2D eigenvalue weighted by atomic mass is 10.2. The van der Waals surface area contributed by atoms with Gasteiger partial charge < -0.3 is 4.90 Å². The first kappa shape index (κ1) is 19.0. The third-order valence-electron chi connectivity index (χ3n) is 3.32. The molecule has 0 bridgehead atoms. The summed E-state index contributed by atoms with van der Waals surface area (Å²) < 4.78 is 25.9. The van der Waals surface area contributed by atoms with E-state index in [-0.39, 0.29) is 12.5 Å². The fraction of sp³-hybridized carbons (Fsp3) is 0.533. The van der Waals surface area contributed by atoms with Gasteiger partial charge in [0.2, 0.25) is 15.9 Å². The summed E-state index contributed by atoms with van der Waals surface area (Å²) in [7, 11) is -1.85. The molecule has 7 heteroatoms. The molecule has 0 atom stereocenters. The van der Waals surface area contributed by atoms with Crippen LogP contribution in [0, 0.1) is 6.92 Å². The van der Waals surface area contributed by atoms with Crippen LogP contribution in [0.25, 0.3) is 0 Å². The summed E-state index contributed by atoms with van der Waals surface area (Å²) in [5.41, 5.74) is 1.49. The van der Waals surface area contributed by atoms with Crippen LogP contribution in [0.2, 0.25) is 0 Å². The van der Waals surface area contributed by atoms with Crippen LogP contribution in [-0.4, -0.2) is 45.6 Å². The number of benzene rings is 1. The van der Waals surface area contributed by atoms with Crippen molar-refractivity contribution in [1.82, 2.24) is 4.90 Å². The lowest BCUT2D eigenvalue weighted by Gasteiger charge is -2.26. The number of hydrogen-bond acceptors (Lipinski definition) is 3. The molecule has 0 fully saturated rings. The molecular formula is C15H23BrN2O3S. The molecule has 0 spiro atoms. The van der Waals surface area contributed by atoms with Gasteiger partial charge in [0.05, 0.1) is 11.9 Å². The molecule has 0 saturated heterocycles. The average Bonchev–Trinajstić information content (AvgIpc) is 2.41. The van der Waals surface area contributed by atoms with Gasteiger partial charge in [0.1, 0.15) is 6.54 Å². The second-order valence-corrected chi connectivity index (χ2v) is 8.15. The molecule has 1 amide bonds. The van der Waals surface area contributed by atoms with Crippen LogP contribution in [0.3, 0.4) is 0 Å². The Kier molecular flexibility index (Phi) is 6.87. The minimum absolute atomic E-state index is 0.194. The van der Waals surface area contributed by atoms with Crippen LogP contribution in [0.15, 0.2) is 22.7 Å². The molecule has 5 nitrogen and oxygen atoms in total. The quantitative estimate of drug-likeness (QED) is 0.718. The first-order valence-corrected chi connectivity index (χ1v) is 9.78. The zero-order valence-corrected chi connectivity index (χ0v) is 15.9.